The molecule has 0 saturated heterocycles. The zero-order valence-electron chi connectivity index (χ0n) is 15.2. The zero-order valence-corrected chi connectivity index (χ0v) is 15.2. The van der Waals surface area contributed by atoms with Gasteiger partial charge in [0.15, 0.2) is 0 Å². The Morgan fingerprint density at radius 2 is 1.81 bits per heavy atom. The lowest BCUT2D eigenvalue weighted by Gasteiger charge is -2.11. The van der Waals surface area contributed by atoms with E-state index in [9.17, 15) is 4.79 Å². The summed E-state index contributed by atoms with van der Waals surface area (Å²) in [6.07, 6.45) is -0.543. The van der Waals surface area contributed by atoms with Gasteiger partial charge in [-0.2, -0.15) is 0 Å². The smallest absolute Gasteiger partial charge is 0.412 e. The van der Waals surface area contributed by atoms with E-state index in [-0.39, 0.29) is 0 Å². The molecule has 0 aliphatic heterocycles. The minimum absolute atomic E-state index is 0.294. The van der Waals surface area contributed by atoms with E-state index in [2.05, 4.69) is 15.3 Å². The second-order valence-corrected chi connectivity index (χ2v) is 5.69. The maximum atomic E-state index is 11.6. The maximum Gasteiger partial charge on any atom is 0.412 e. The largest absolute Gasteiger partial charge is 0.497 e. The average molecular weight is 352 g/mol. The number of ether oxygens (including phenoxy) is 2. The quantitative estimate of drug-likeness (QED) is 0.767. The summed E-state index contributed by atoms with van der Waals surface area (Å²) in [5, 5.41) is 2.60. The number of pyridine rings is 1. The summed E-state index contributed by atoms with van der Waals surface area (Å²) in [5.74, 6) is 1.17. The van der Waals surface area contributed by atoms with Gasteiger partial charge in [0.05, 0.1) is 36.3 Å². The van der Waals surface area contributed by atoms with Crippen LogP contribution in [0.1, 0.15) is 18.3 Å². The summed E-state index contributed by atoms with van der Waals surface area (Å²) >= 11 is 0. The predicted molar refractivity (Wildman–Crippen MR) is 99.4 cm³/mol. The second-order valence-electron chi connectivity index (χ2n) is 5.69. The van der Waals surface area contributed by atoms with Gasteiger partial charge in [0.1, 0.15) is 17.1 Å². The first kappa shape index (κ1) is 17.6. The van der Waals surface area contributed by atoms with Gasteiger partial charge in [-0.15, -0.1) is 0 Å². The Morgan fingerprint density at radius 3 is 2.46 bits per heavy atom. The van der Waals surface area contributed by atoms with Crippen LogP contribution in [0.25, 0.3) is 22.3 Å². The van der Waals surface area contributed by atoms with E-state index in [0.717, 1.165) is 22.7 Å². The Hall–Kier alpha value is -3.22. The highest BCUT2D eigenvalue weighted by atomic mass is 16.5. The van der Waals surface area contributed by atoms with Crippen LogP contribution in [0.15, 0.2) is 30.3 Å². The van der Waals surface area contributed by atoms with Crippen LogP contribution < -0.4 is 10.1 Å². The number of hydrogen-bond donors (Lipinski definition) is 1. The van der Waals surface area contributed by atoms with Gasteiger partial charge >= 0.3 is 6.09 Å². The van der Waals surface area contributed by atoms with Crippen LogP contribution in [-0.4, -0.2) is 34.8 Å². The Morgan fingerprint density at radius 1 is 1.08 bits per heavy atom. The van der Waals surface area contributed by atoms with Crippen molar-refractivity contribution in [3.8, 4) is 17.0 Å². The number of benzene rings is 1. The molecule has 0 atom stereocenters. The van der Waals surface area contributed by atoms with Gasteiger partial charge in [-0.05, 0) is 45.0 Å². The van der Waals surface area contributed by atoms with Crippen molar-refractivity contribution < 1.29 is 14.3 Å². The van der Waals surface area contributed by atoms with Gasteiger partial charge in [0.2, 0.25) is 0 Å². The van der Waals surface area contributed by atoms with Crippen LogP contribution >= 0.6 is 0 Å². The van der Waals surface area contributed by atoms with E-state index in [4.69, 9.17) is 14.5 Å². The van der Waals surface area contributed by atoms with E-state index in [1.54, 1.807) is 20.1 Å². The molecule has 0 spiro atoms. The van der Waals surface area contributed by atoms with Crippen LogP contribution in [-0.2, 0) is 4.74 Å². The van der Waals surface area contributed by atoms with Crippen LogP contribution in [0.2, 0.25) is 0 Å². The van der Waals surface area contributed by atoms with Crippen LogP contribution in [0.4, 0.5) is 10.6 Å². The summed E-state index contributed by atoms with van der Waals surface area (Å²) in [6, 6.07) is 9.36. The van der Waals surface area contributed by atoms with Gasteiger partial charge < -0.3 is 9.47 Å². The lowest BCUT2D eigenvalue weighted by atomic mass is 10.1. The standard InChI is InChI=1S/C19H20N4O3/c1-5-26-19(24)22-16-10-15-18(12(3)21-16)23-17(11(2)20-15)13-6-8-14(25-4)9-7-13/h6-10H,5H2,1-4H3,(H,21,22,24). The van der Waals surface area contributed by atoms with E-state index in [0.29, 0.717) is 29.2 Å². The number of aryl methyl sites for hydroxylation is 2. The number of nitrogens with zero attached hydrogens (tertiary/aromatic N) is 3. The molecular weight excluding hydrogens is 332 g/mol. The zero-order chi connectivity index (χ0) is 18.7. The number of nitrogens with one attached hydrogen (secondary N) is 1. The molecule has 0 bridgehead atoms. The van der Waals surface area contributed by atoms with E-state index in [1.807, 2.05) is 38.1 Å². The number of rotatable bonds is 4. The number of hydrogen-bond acceptors (Lipinski definition) is 6. The minimum atomic E-state index is -0.543. The number of carbonyl (C=O) groups excluding carboxylic acids is 1. The first-order chi connectivity index (χ1) is 12.5. The molecule has 26 heavy (non-hydrogen) atoms. The summed E-state index contributed by atoms with van der Waals surface area (Å²) < 4.78 is 10.1. The molecule has 2 heterocycles. The Labute approximate surface area is 151 Å². The fraction of sp³-hybridized carbons (Fsp3) is 0.263. The number of aromatic nitrogens is 3. The summed E-state index contributed by atoms with van der Waals surface area (Å²) in [5.41, 5.74) is 4.56. The molecule has 7 heteroatoms. The topological polar surface area (TPSA) is 86.2 Å². The van der Waals surface area contributed by atoms with Crippen molar-refractivity contribution in [2.45, 2.75) is 20.8 Å². The van der Waals surface area contributed by atoms with Gasteiger partial charge in [0, 0.05) is 11.6 Å². The minimum Gasteiger partial charge on any atom is -0.497 e. The Kier molecular flexibility index (Phi) is 4.97. The average Bonchev–Trinajstić information content (AvgIpc) is 2.61. The van der Waals surface area contributed by atoms with Crippen molar-refractivity contribution >= 4 is 22.9 Å². The number of carbonyl (C=O) groups is 1. The third-order valence-electron chi connectivity index (χ3n) is 3.87. The first-order valence-corrected chi connectivity index (χ1v) is 8.26. The number of methoxy groups -OCH3 is 1. The van der Waals surface area contributed by atoms with Crippen LogP contribution in [0.3, 0.4) is 0 Å². The third kappa shape index (κ3) is 3.56. The number of fused-ring (bicyclic) bond motifs is 1. The molecular formula is C19H20N4O3. The van der Waals surface area contributed by atoms with Crippen molar-refractivity contribution in [3.05, 3.63) is 41.7 Å². The summed E-state index contributed by atoms with van der Waals surface area (Å²) in [7, 11) is 1.63. The highest BCUT2D eigenvalue weighted by molar-refractivity contribution is 5.88. The molecule has 3 rings (SSSR count). The molecule has 0 fully saturated rings. The van der Waals surface area contributed by atoms with Gasteiger partial charge in [-0.3, -0.25) is 5.32 Å². The van der Waals surface area contributed by atoms with Crippen molar-refractivity contribution in [2.75, 3.05) is 19.0 Å². The summed E-state index contributed by atoms with van der Waals surface area (Å²) in [6.45, 7) is 5.78. The van der Waals surface area contributed by atoms with Crippen molar-refractivity contribution in [2.24, 2.45) is 0 Å². The molecule has 3 aromatic rings. The van der Waals surface area contributed by atoms with Crippen LogP contribution in [0, 0.1) is 13.8 Å². The molecule has 2 aromatic heterocycles. The highest BCUT2D eigenvalue weighted by Crippen LogP contribution is 2.26. The van der Waals surface area contributed by atoms with Gasteiger partial charge in [-0.1, -0.05) is 0 Å². The van der Waals surface area contributed by atoms with Crippen molar-refractivity contribution in [3.63, 3.8) is 0 Å². The van der Waals surface area contributed by atoms with E-state index >= 15 is 0 Å². The molecule has 0 unspecified atom stereocenters. The number of amides is 1. The molecule has 1 N–H and O–H groups in total. The van der Waals surface area contributed by atoms with Crippen molar-refractivity contribution in [1.82, 2.24) is 15.0 Å². The van der Waals surface area contributed by atoms with Gasteiger partial charge in [-0.25, -0.2) is 19.7 Å². The summed E-state index contributed by atoms with van der Waals surface area (Å²) in [4.78, 5) is 25.4. The van der Waals surface area contributed by atoms with Crippen LogP contribution in [0.5, 0.6) is 5.75 Å². The molecule has 0 aliphatic rings. The Bertz CT molecular complexity index is 955. The molecule has 1 aromatic carbocycles. The third-order valence-corrected chi connectivity index (χ3v) is 3.87. The number of anilines is 1. The fourth-order valence-electron chi connectivity index (χ4n) is 2.66. The predicted octanol–water partition coefficient (Wildman–Crippen LogP) is 3.89. The molecule has 7 nitrogen and oxygen atoms in total. The normalized spacial score (nSPS) is 10.6. The first-order valence-electron chi connectivity index (χ1n) is 8.26. The fourth-order valence-corrected chi connectivity index (χ4v) is 2.66. The molecule has 0 radical (unpaired) electrons. The maximum absolute atomic E-state index is 11.6. The molecule has 134 valence electrons. The highest BCUT2D eigenvalue weighted by Gasteiger charge is 2.13. The van der Waals surface area contributed by atoms with Gasteiger partial charge in [0.25, 0.3) is 0 Å². The second kappa shape index (κ2) is 7.35. The lowest BCUT2D eigenvalue weighted by Crippen LogP contribution is -2.14. The molecule has 1 amide bonds. The monoisotopic (exact) mass is 352 g/mol. The lowest BCUT2D eigenvalue weighted by molar-refractivity contribution is 0.168. The molecule has 0 saturated carbocycles. The van der Waals surface area contributed by atoms with Crippen molar-refractivity contribution in [1.29, 1.82) is 0 Å². The SMILES string of the molecule is CCOC(=O)Nc1cc2nc(C)c(-c3ccc(OC)cc3)nc2c(C)n1. The Balaban J connectivity index is 2.02. The molecule has 0 aliphatic carbocycles. The van der Waals surface area contributed by atoms with E-state index in [1.165, 1.54) is 0 Å². The van der Waals surface area contributed by atoms with E-state index < -0.39 is 6.09 Å².